The number of nitrogens with zero attached hydrogens (tertiary/aromatic N) is 5. The number of aromatic nitrogens is 4. The predicted octanol–water partition coefficient (Wildman–Crippen LogP) is 3.98. The Morgan fingerprint density at radius 3 is 2.29 bits per heavy atom. The summed E-state index contributed by atoms with van der Waals surface area (Å²) in [5.41, 5.74) is 4.07. The molecule has 0 N–H and O–H groups in total. The minimum Gasteiger partial charge on any atom is -0.342 e. The quantitative estimate of drug-likeness (QED) is 0.566. The van der Waals surface area contributed by atoms with Crippen LogP contribution in [0.1, 0.15) is 35.8 Å². The molecule has 0 bridgehead atoms. The fraction of sp³-hybridized carbons (Fsp3) is 0.333. The number of rotatable bonds is 7. The fourth-order valence-electron chi connectivity index (χ4n) is 3.23. The van der Waals surface area contributed by atoms with Gasteiger partial charge < -0.3 is 4.90 Å². The highest BCUT2D eigenvalue weighted by molar-refractivity contribution is 8.00. The molecule has 6 nitrogen and oxygen atoms in total. The van der Waals surface area contributed by atoms with Crippen molar-refractivity contribution in [3.8, 4) is 5.69 Å². The third-order valence-corrected chi connectivity index (χ3v) is 5.89. The molecule has 0 aliphatic rings. The minimum absolute atomic E-state index is 0.0669. The lowest BCUT2D eigenvalue weighted by Crippen LogP contribution is -2.34. The molecule has 0 fully saturated rings. The van der Waals surface area contributed by atoms with Crippen LogP contribution in [-0.4, -0.2) is 44.1 Å². The van der Waals surface area contributed by atoms with E-state index in [1.807, 2.05) is 81.1 Å². The summed E-state index contributed by atoms with van der Waals surface area (Å²) in [5.74, 6) is 0.0669. The van der Waals surface area contributed by atoms with Crippen LogP contribution in [0.2, 0.25) is 0 Å². The number of carbonyl (C=O) groups is 1. The lowest BCUT2D eigenvalue weighted by molar-refractivity contribution is -0.130. The van der Waals surface area contributed by atoms with E-state index in [4.69, 9.17) is 0 Å². The minimum atomic E-state index is -0.407. The van der Waals surface area contributed by atoms with E-state index >= 15 is 0 Å². The summed E-state index contributed by atoms with van der Waals surface area (Å²) >= 11 is 1.39. The maximum absolute atomic E-state index is 13.2. The first kappa shape index (κ1) is 20.1. The van der Waals surface area contributed by atoms with Crippen molar-refractivity contribution in [1.29, 1.82) is 0 Å². The normalized spacial score (nSPS) is 12.0. The summed E-state index contributed by atoms with van der Waals surface area (Å²) < 4.78 is 1.74. The Morgan fingerprint density at radius 1 is 1.04 bits per heavy atom. The third-order valence-electron chi connectivity index (χ3n) is 4.72. The lowest BCUT2D eigenvalue weighted by Gasteiger charge is -2.25. The van der Waals surface area contributed by atoms with Crippen molar-refractivity contribution in [2.75, 3.05) is 13.1 Å². The van der Waals surface area contributed by atoms with Crippen molar-refractivity contribution in [2.24, 2.45) is 0 Å². The molecule has 1 unspecified atom stereocenters. The van der Waals surface area contributed by atoms with Crippen molar-refractivity contribution < 1.29 is 4.79 Å². The van der Waals surface area contributed by atoms with E-state index in [1.165, 1.54) is 11.8 Å². The van der Waals surface area contributed by atoms with Crippen LogP contribution in [0.15, 0.2) is 53.7 Å². The molecule has 0 aliphatic carbocycles. The van der Waals surface area contributed by atoms with Crippen LogP contribution in [0, 0.1) is 13.8 Å². The van der Waals surface area contributed by atoms with Crippen molar-refractivity contribution in [3.05, 3.63) is 65.2 Å². The molecule has 1 atom stereocenters. The monoisotopic (exact) mass is 395 g/mol. The van der Waals surface area contributed by atoms with Crippen molar-refractivity contribution in [3.63, 3.8) is 0 Å². The summed E-state index contributed by atoms with van der Waals surface area (Å²) in [6, 6.07) is 15.9. The Bertz CT molecular complexity index is 917. The number of amides is 1. The van der Waals surface area contributed by atoms with Gasteiger partial charge in [-0.1, -0.05) is 60.3 Å². The summed E-state index contributed by atoms with van der Waals surface area (Å²) in [4.78, 5) is 15.1. The number of hydrogen-bond acceptors (Lipinski definition) is 5. The highest BCUT2D eigenvalue weighted by atomic mass is 32.2. The van der Waals surface area contributed by atoms with Gasteiger partial charge in [-0.2, -0.15) is 4.68 Å². The number of likely N-dealkylation sites (N-methyl/N-ethyl adjacent to an activating group) is 1. The molecule has 0 saturated carbocycles. The van der Waals surface area contributed by atoms with Gasteiger partial charge in [0, 0.05) is 13.1 Å². The first-order valence-electron chi connectivity index (χ1n) is 9.42. The zero-order valence-electron chi connectivity index (χ0n) is 16.7. The smallest absolute Gasteiger partial charge is 0.240 e. The van der Waals surface area contributed by atoms with Gasteiger partial charge in [0.25, 0.3) is 0 Å². The summed E-state index contributed by atoms with van der Waals surface area (Å²) in [7, 11) is 0. The van der Waals surface area contributed by atoms with Gasteiger partial charge in [0.2, 0.25) is 11.1 Å². The van der Waals surface area contributed by atoms with Crippen LogP contribution in [0.4, 0.5) is 0 Å². The Morgan fingerprint density at radius 2 is 1.68 bits per heavy atom. The largest absolute Gasteiger partial charge is 0.342 e. The number of hydrogen-bond donors (Lipinski definition) is 0. The highest BCUT2D eigenvalue weighted by Crippen LogP contribution is 2.36. The molecule has 3 aromatic rings. The lowest BCUT2D eigenvalue weighted by atomic mass is 10.1. The standard InChI is InChI=1S/C21H25N5OS/c1-5-25(6-2)20(27)19(17-13-8-7-9-14-17)28-21-22-23-24-26(21)18-15(3)11-10-12-16(18)4/h7-14,19H,5-6H2,1-4H3. The maximum Gasteiger partial charge on any atom is 0.240 e. The molecular formula is C21H25N5OS. The Hall–Kier alpha value is -2.67. The molecule has 28 heavy (non-hydrogen) atoms. The van der Waals surface area contributed by atoms with Gasteiger partial charge in [-0.25, -0.2) is 0 Å². The van der Waals surface area contributed by atoms with Crippen molar-refractivity contribution >= 4 is 17.7 Å². The molecule has 0 radical (unpaired) electrons. The molecule has 0 aliphatic heterocycles. The molecule has 3 rings (SSSR count). The van der Waals surface area contributed by atoms with Gasteiger partial charge in [-0.3, -0.25) is 4.79 Å². The molecule has 1 heterocycles. The zero-order valence-corrected chi connectivity index (χ0v) is 17.5. The molecule has 146 valence electrons. The molecule has 1 amide bonds. The average Bonchev–Trinajstić information content (AvgIpc) is 3.15. The summed E-state index contributed by atoms with van der Waals surface area (Å²) in [6.45, 7) is 9.40. The van der Waals surface area contributed by atoms with Gasteiger partial charge in [0.15, 0.2) is 0 Å². The van der Waals surface area contributed by atoms with Crippen LogP contribution in [-0.2, 0) is 4.79 Å². The average molecular weight is 396 g/mol. The Labute approximate surface area is 169 Å². The third kappa shape index (κ3) is 4.09. The van der Waals surface area contributed by atoms with Crippen LogP contribution in [0.3, 0.4) is 0 Å². The van der Waals surface area contributed by atoms with Crippen molar-refractivity contribution in [2.45, 2.75) is 38.1 Å². The van der Waals surface area contributed by atoms with Crippen LogP contribution < -0.4 is 0 Å². The van der Waals surface area contributed by atoms with E-state index in [0.29, 0.717) is 18.2 Å². The van der Waals surface area contributed by atoms with Crippen LogP contribution in [0.5, 0.6) is 0 Å². The van der Waals surface area contributed by atoms with Gasteiger partial charge >= 0.3 is 0 Å². The van der Waals surface area contributed by atoms with E-state index in [9.17, 15) is 4.79 Å². The predicted molar refractivity (Wildman–Crippen MR) is 112 cm³/mol. The number of thioether (sulfide) groups is 1. The Balaban J connectivity index is 2.02. The molecule has 1 aromatic heterocycles. The highest BCUT2D eigenvalue weighted by Gasteiger charge is 2.28. The van der Waals surface area contributed by atoms with Crippen LogP contribution in [0.25, 0.3) is 5.69 Å². The van der Waals surface area contributed by atoms with E-state index in [1.54, 1.807) is 4.68 Å². The second-order valence-corrected chi connectivity index (χ2v) is 7.61. The second-order valence-electron chi connectivity index (χ2n) is 6.53. The zero-order chi connectivity index (χ0) is 20.1. The fourth-order valence-corrected chi connectivity index (χ4v) is 4.29. The molecule has 2 aromatic carbocycles. The topological polar surface area (TPSA) is 63.9 Å². The number of carbonyl (C=O) groups excluding carboxylic acids is 1. The van der Waals surface area contributed by atoms with E-state index in [0.717, 1.165) is 22.4 Å². The molecule has 0 spiro atoms. The SMILES string of the molecule is CCN(CC)C(=O)C(Sc1nnnn1-c1c(C)cccc1C)c1ccccc1. The summed E-state index contributed by atoms with van der Waals surface area (Å²) in [6.07, 6.45) is 0. The van der Waals surface area contributed by atoms with E-state index in [2.05, 4.69) is 15.5 Å². The van der Waals surface area contributed by atoms with Gasteiger partial charge in [0.1, 0.15) is 5.25 Å². The molecular weight excluding hydrogens is 370 g/mol. The first-order valence-corrected chi connectivity index (χ1v) is 10.3. The van der Waals surface area contributed by atoms with Gasteiger partial charge in [-0.05, 0) is 54.8 Å². The molecule has 0 saturated heterocycles. The molecule has 7 heteroatoms. The number of aryl methyl sites for hydroxylation is 2. The van der Waals surface area contributed by atoms with Crippen LogP contribution >= 0.6 is 11.8 Å². The van der Waals surface area contributed by atoms with Gasteiger partial charge in [0.05, 0.1) is 5.69 Å². The van der Waals surface area contributed by atoms with Gasteiger partial charge in [-0.15, -0.1) is 5.10 Å². The number of tetrazole rings is 1. The first-order chi connectivity index (χ1) is 13.6. The second kappa shape index (κ2) is 9.01. The number of benzene rings is 2. The van der Waals surface area contributed by atoms with E-state index < -0.39 is 5.25 Å². The summed E-state index contributed by atoms with van der Waals surface area (Å²) in [5, 5.41) is 12.5. The van der Waals surface area contributed by atoms with Crippen molar-refractivity contribution in [1.82, 2.24) is 25.1 Å². The Kier molecular flexibility index (Phi) is 6.46. The van der Waals surface area contributed by atoms with E-state index in [-0.39, 0.29) is 5.91 Å². The maximum atomic E-state index is 13.2. The number of para-hydroxylation sites is 1.